The van der Waals surface area contributed by atoms with E-state index >= 15 is 0 Å². The lowest BCUT2D eigenvalue weighted by Gasteiger charge is -2.32. The maximum absolute atomic E-state index is 5.87. The molecule has 0 fully saturated rings. The van der Waals surface area contributed by atoms with Crippen molar-refractivity contribution in [1.29, 1.82) is 0 Å². The molecule has 6 nitrogen and oxygen atoms in total. The number of nitrogens with two attached hydrogens (primary N) is 2. The summed E-state index contributed by atoms with van der Waals surface area (Å²) in [5.41, 5.74) is 12.0. The quantitative estimate of drug-likeness (QED) is 0.541. The maximum Gasteiger partial charge on any atom is 0.187 e. The molecule has 0 saturated carbocycles. The van der Waals surface area contributed by atoms with Crippen molar-refractivity contribution in [3.05, 3.63) is 36.1 Å². The van der Waals surface area contributed by atoms with Crippen LogP contribution in [0.4, 0.5) is 0 Å². The second kappa shape index (κ2) is 2.76. The second-order valence-corrected chi connectivity index (χ2v) is 3.28. The highest BCUT2D eigenvalue weighted by Crippen LogP contribution is 2.20. The van der Waals surface area contributed by atoms with Crippen LogP contribution in [0.3, 0.4) is 0 Å². The number of aromatic nitrogens is 3. The van der Waals surface area contributed by atoms with E-state index in [0.29, 0.717) is 11.4 Å². The Bertz CT molecular complexity index is 390. The highest BCUT2D eigenvalue weighted by molar-refractivity contribution is 5.28. The van der Waals surface area contributed by atoms with E-state index in [2.05, 4.69) is 15.5 Å². The zero-order valence-electron chi connectivity index (χ0n) is 7.81. The molecule has 1 aliphatic heterocycles. The summed E-state index contributed by atoms with van der Waals surface area (Å²) in [5, 5.41) is 11.1. The average molecular weight is 192 g/mol. The van der Waals surface area contributed by atoms with E-state index in [1.54, 1.807) is 24.7 Å². The molecule has 0 bridgehead atoms. The van der Waals surface area contributed by atoms with Crippen LogP contribution in [0, 0.1) is 0 Å². The Labute approximate surface area is 81.3 Å². The Morgan fingerprint density at radius 2 is 2.00 bits per heavy atom. The molecular formula is C8H12N6. The van der Waals surface area contributed by atoms with Gasteiger partial charge in [0.1, 0.15) is 0 Å². The van der Waals surface area contributed by atoms with Crippen LogP contribution < -0.4 is 16.8 Å². The minimum Gasteiger partial charge on any atom is -0.398 e. The molecule has 14 heavy (non-hydrogen) atoms. The van der Waals surface area contributed by atoms with Gasteiger partial charge in [-0.25, -0.2) is 0 Å². The van der Waals surface area contributed by atoms with Gasteiger partial charge in [0.15, 0.2) is 5.66 Å². The standard InChI is InChI=1S/C8H12N6/c1-8(14-12-2-3-13-14)7(10)4-6(9)5-11-8/h2-5,11H,9-10H2,1H3. The van der Waals surface area contributed by atoms with Crippen LogP contribution in [0.2, 0.25) is 0 Å². The first-order valence-electron chi connectivity index (χ1n) is 4.21. The minimum absolute atomic E-state index is 0.578. The van der Waals surface area contributed by atoms with E-state index in [4.69, 9.17) is 11.5 Å². The summed E-state index contributed by atoms with van der Waals surface area (Å²) < 4.78 is 0. The van der Waals surface area contributed by atoms with Gasteiger partial charge in [-0.05, 0) is 13.0 Å². The van der Waals surface area contributed by atoms with E-state index in [0.717, 1.165) is 0 Å². The first kappa shape index (κ1) is 8.61. The number of nitrogens with zero attached hydrogens (tertiary/aromatic N) is 3. The fourth-order valence-electron chi connectivity index (χ4n) is 1.29. The average Bonchev–Trinajstić information content (AvgIpc) is 2.65. The third kappa shape index (κ3) is 1.12. The summed E-state index contributed by atoms with van der Waals surface area (Å²) in [4.78, 5) is 1.50. The lowest BCUT2D eigenvalue weighted by Crippen LogP contribution is -2.50. The Balaban J connectivity index is 2.41. The van der Waals surface area contributed by atoms with Crippen molar-refractivity contribution in [3.8, 4) is 0 Å². The highest BCUT2D eigenvalue weighted by Gasteiger charge is 2.32. The Morgan fingerprint density at radius 3 is 2.57 bits per heavy atom. The predicted molar refractivity (Wildman–Crippen MR) is 51.3 cm³/mol. The van der Waals surface area contributed by atoms with Crippen LogP contribution >= 0.6 is 0 Å². The number of dihydropyridines is 1. The highest BCUT2D eigenvalue weighted by atomic mass is 15.5. The van der Waals surface area contributed by atoms with E-state index in [9.17, 15) is 0 Å². The Kier molecular flexibility index (Phi) is 1.70. The molecule has 1 aromatic heterocycles. The van der Waals surface area contributed by atoms with E-state index < -0.39 is 5.66 Å². The van der Waals surface area contributed by atoms with Crippen molar-refractivity contribution < 1.29 is 0 Å². The Hall–Kier alpha value is -1.98. The first-order chi connectivity index (χ1) is 6.63. The molecular weight excluding hydrogens is 180 g/mol. The lowest BCUT2D eigenvalue weighted by molar-refractivity contribution is 0.261. The number of hydrogen-bond acceptors (Lipinski definition) is 5. The van der Waals surface area contributed by atoms with Gasteiger partial charge in [-0.2, -0.15) is 15.0 Å². The smallest absolute Gasteiger partial charge is 0.187 e. The zero-order valence-corrected chi connectivity index (χ0v) is 7.81. The van der Waals surface area contributed by atoms with Crippen LogP contribution in [-0.4, -0.2) is 15.0 Å². The SMILES string of the molecule is CC1(n2nccn2)NC=C(N)C=C1N. The van der Waals surface area contributed by atoms with Crippen LogP contribution in [0.15, 0.2) is 36.1 Å². The summed E-state index contributed by atoms with van der Waals surface area (Å²) in [6.45, 7) is 1.88. The van der Waals surface area contributed by atoms with Crippen LogP contribution in [0.1, 0.15) is 6.92 Å². The van der Waals surface area contributed by atoms with Crippen LogP contribution in [-0.2, 0) is 5.66 Å². The van der Waals surface area contributed by atoms with Gasteiger partial charge in [0.05, 0.1) is 18.1 Å². The molecule has 1 aliphatic rings. The maximum atomic E-state index is 5.87. The number of nitrogens with one attached hydrogen (secondary N) is 1. The molecule has 0 radical (unpaired) electrons. The molecule has 1 aromatic rings. The van der Waals surface area contributed by atoms with Crippen molar-refractivity contribution in [2.24, 2.45) is 11.5 Å². The topological polar surface area (TPSA) is 94.8 Å². The van der Waals surface area contributed by atoms with Crippen molar-refractivity contribution >= 4 is 0 Å². The van der Waals surface area contributed by atoms with Crippen LogP contribution in [0.25, 0.3) is 0 Å². The molecule has 5 N–H and O–H groups in total. The molecule has 0 saturated heterocycles. The van der Waals surface area contributed by atoms with Gasteiger partial charge in [-0.3, -0.25) is 0 Å². The van der Waals surface area contributed by atoms with Gasteiger partial charge in [-0.1, -0.05) is 0 Å². The zero-order chi connectivity index (χ0) is 10.2. The number of hydrogen-bond donors (Lipinski definition) is 3. The normalized spacial score (nSPS) is 26.4. The lowest BCUT2D eigenvalue weighted by atomic mass is 10.1. The fourth-order valence-corrected chi connectivity index (χ4v) is 1.29. The van der Waals surface area contributed by atoms with Gasteiger partial charge in [-0.15, -0.1) is 0 Å². The molecule has 2 rings (SSSR count). The largest absolute Gasteiger partial charge is 0.398 e. The van der Waals surface area contributed by atoms with Gasteiger partial charge in [0, 0.05) is 11.9 Å². The predicted octanol–water partition coefficient (Wildman–Crippen LogP) is -0.803. The first-order valence-corrected chi connectivity index (χ1v) is 4.21. The van der Waals surface area contributed by atoms with Crippen molar-refractivity contribution in [2.75, 3.05) is 0 Å². The molecule has 0 aromatic carbocycles. The monoisotopic (exact) mass is 192 g/mol. The van der Waals surface area contributed by atoms with Crippen molar-refractivity contribution in [1.82, 2.24) is 20.3 Å². The third-order valence-electron chi connectivity index (χ3n) is 2.22. The molecule has 2 heterocycles. The third-order valence-corrected chi connectivity index (χ3v) is 2.22. The molecule has 1 atom stereocenters. The van der Waals surface area contributed by atoms with Crippen LogP contribution in [0.5, 0.6) is 0 Å². The summed E-state index contributed by atoms with van der Waals surface area (Å²) in [7, 11) is 0. The summed E-state index contributed by atoms with van der Waals surface area (Å²) in [5.74, 6) is 0. The summed E-state index contributed by atoms with van der Waals surface area (Å²) >= 11 is 0. The van der Waals surface area contributed by atoms with Crippen molar-refractivity contribution in [3.63, 3.8) is 0 Å². The molecule has 6 heteroatoms. The van der Waals surface area contributed by atoms with Gasteiger partial charge >= 0.3 is 0 Å². The molecule has 74 valence electrons. The van der Waals surface area contributed by atoms with Crippen molar-refractivity contribution in [2.45, 2.75) is 12.6 Å². The number of allylic oxidation sites excluding steroid dienone is 1. The van der Waals surface area contributed by atoms with Gasteiger partial charge < -0.3 is 16.8 Å². The van der Waals surface area contributed by atoms with E-state index in [1.165, 1.54) is 4.80 Å². The summed E-state index contributed by atoms with van der Waals surface area (Å²) in [6.07, 6.45) is 6.57. The molecule has 0 amide bonds. The van der Waals surface area contributed by atoms with E-state index in [-0.39, 0.29) is 0 Å². The summed E-state index contributed by atoms with van der Waals surface area (Å²) in [6, 6.07) is 0. The Morgan fingerprint density at radius 1 is 1.36 bits per heavy atom. The minimum atomic E-state index is -0.633. The second-order valence-electron chi connectivity index (χ2n) is 3.28. The van der Waals surface area contributed by atoms with Gasteiger partial charge in [0.2, 0.25) is 0 Å². The number of rotatable bonds is 1. The molecule has 1 unspecified atom stereocenters. The molecule has 0 spiro atoms. The fraction of sp³-hybridized carbons (Fsp3) is 0.250. The van der Waals surface area contributed by atoms with E-state index in [1.807, 2.05) is 6.92 Å². The molecule has 0 aliphatic carbocycles. The van der Waals surface area contributed by atoms with Gasteiger partial charge in [0.25, 0.3) is 0 Å².